The van der Waals surface area contributed by atoms with Gasteiger partial charge in [0.2, 0.25) is 0 Å². The maximum Gasteiger partial charge on any atom is 0.104 e. The number of hydrogen-bond donors (Lipinski definition) is 3. The van der Waals surface area contributed by atoms with Gasteiger partial charge in [-0.3, -0.25) is 0 Å². The van der Waals surface area contributed by atoms with Gasteiger partial charge in [-0.25, -0.2) is 0 Å². The van der Waals surface area contributed by atoms with E-state index in [1.54, 1.807) is 0 Å². The molecule has 0 aromatic heterocycles. The first-order valence-corrected chi connectivity index (χ1v) is 4.92. The van der Waals surface area contributed by atoms with Crippen LogP contribution in [-0.4, -0.2) is 35.6 Å². The molecule has 0 fully saturated rings. The van der Waals surface area contributed by atoms with E-state index in [1.807, 2.05) is 30.3 Å². The van der Waals surface area contributed by atoms with Crippen molar-refractivity contribution >= 4 is 0 Å². The zero-order valence-corrected chi connectivity index (χ0v) is 8.54. The highest BCUT2D eigenvalue weighted by molar-refractivity contribution is 5.13. The fourth-order valence-electron chi connectivity index (χ4n) is 1.14. The normalized spacial score (nSPS) is 14.9. The Morgan fingerprint density at radius 3 is 2.40 bits per heavy atom. The minimum absolute atomic E-state index is 0.0376. The van der Waals surface area contributed by atoms with Crippen LogP contribution in [0, 0.1) is 0 Å². The molecule has 84 valence electrons. The maximum atomic E-state index is 9.34. The van der Waals surface area contributed by atoms with Crippen LogP contribution in [0.15, 0.2) is 30.3 Å². The summed E-state index contributed by atoms with van der Waals surface area (Å²) in [6.07, 6.45) is -1.83. The summed E-state index contributed by atoms with van der Waals surface area (Å²) in [6.45, 7) is 0.554. The quantitative estimate of drug-likeness (QED) is 0.613. The fraction of sp³-hybridized carbons (Fsp3) is 0.455. The minimum Gasteiger partial charge on any atom is -0.389 e. The van der Waals surface area contributed by atoms with Gasteiger partial charge in [0.1, 0.15) is 6.10 Å². The molecule has 0 bridgehead atoms. The predicted molar refractivity (Wildman–Crippen MR) is 57.2 cm³/mol. The molecule has 0 saturated heterocycles. The van der Waals surface area contributed by atoms with Crippen LogP contribution in [0.4, 0.5) is 0 Å². The van der Waals surface area contributed by atoms with Crippen LogP contribution in [0.25, 0.3) is 0 Å². The number of aliphatic hydroxyl groups is 2. The summed E-state index contributed by atoms with van der Waals surface area (Å²) in [4.78, 5) is 0. The largest absolute Gasteiger partial charge is 0.389 e. The molecule has 4 heteroatoms. The van der Waals surface area contributed by atoms with Gasteiger partial charge in [-0.15, -0.1) is 0 Å². The number of rotatable bonds is 6. The first-order valence-electron chi connectivity index (χ1n) is 4.92. The molecule has 1 aromatic carbocycles. The second kappa shape index (κ2) is 6.53. The molecule has 0 aliphatic rings. The molecule has 4 nitrogen and oxygen atoms in total. The Morgan fingerprint density at radius 1 is 1.13 bits per heavy atom. The molecule has 0 spiro atoms. The Hall–Kier alpha value is -0.940. The monoisotopic (exact) mass is 211 g/mol. The van der Waals surface area contributed by atoms with Gasteiger partial charge in [0.05, 0.1) is 19.3 Å². The van der Waals surface area contributed by atoms with Crippen molar-refractivity contribution in [3.63, 3.8) is 0 Å². The molecular formula is C11H17NO3. The van der Waals surface area contributed by atoms with Crippen molar-refractivity contribution in [2.45, 2.75) is 18.8 Å². The lowest BCUT2D eigenvalue weighted by Crippen LogP contribution is -2.36. The molecule has 2 atom stereocenters. The topological polar surface area (TPSA) is 75.7 Å². The van der Waals surface area contributed by atoms with E-state index in [1.165, 1.54) is 0 Å². The average molecular weight is 211 g/mol. The number of ether oxygens (including phenoxy) is 1. The Morgan fingerprint density at radius 2 is 1.80 bits per heavy atom. The van der Waals surface area contributed by atoms with E-state index in [-0.39, 0.29) is 13.2 Å². The minimum atomic E-state index is -0.918. The Labute approximate surface area is 89.3 Å². The van der Waals surface area contributed by atoms with Gasteiger partial charge >= 0.3 is 0 Å². The molecule has 0 saturated carbocycles. The van der Waals surface area contributed by atoms with Crippen molar-refractivity contribution < 1.29 is 14.9 Å². The molecule has 0 aliphatic heterocycles. The molecule has 1 aromatic rings. The van der Waals surface area contributed by atoms with Gasteiger partial charge in [-0.2, -0.15) is 0 Å². The molecule has 15 heavy (non-hydrogen) atoms. The Bertz CT molecular complexity index is 266. The molecule has 0 radical (unpaired) electrons. The average Bonchev–Trinajstić information content (AvgIpc) is 2.29. The van der Waals surface area contributed by atoms with Crippen LogP contribution in [0.2, 0.25) is 0 Å². The molecular weight excluding hydrogens is 194 g/mol. The van der Waals surface area contributed by atoms with Gasteiger partial charge in [0, 0.05) is 6.54 Å². The summed E-state index contributed by atoms with van der Waals surface area (Å²) in [5.41, 5.74) is 6.22. The van der Waals surface area contributed by atoms with Crippen molar-refractivity contribution in [2.24, 2.45) is 5.73 Å². The maximum absolute atomic E-state index is 9.34. The van der Waals surface area contributed by atoms with E-state index >= 15 is 0 Å². The first-order chi connectivity index (χ1) is 7.24. The van der Waals surface area contributed by atoms with Gasteiger partial charge in [0.25, 0.3) is 0 Å². The zero-order chi connectivity index (χ0) is 11.1. The SMILES string of the molecule is NCC(O)C(O)COCc1ccccc1. The first kappa shape index (κ1) is 12.1. The molecule has 0 aliphatic carbocycles. The summed E-state index contributed by atoms with van der Waals surface area (Å²) in [7, 11) is 0. The molecule has 1 rings (SSSR count). The van der Waals surface area contributed by atoms with Crippen molar-refractivity contribution in [3.8, 4) is 0 Å². The highest BCUT2D eigenvalue weighted by Crippen LogP contribution is 2.01. The van der Waals surface area contributed by atoms with Crippen LogP contribution in [0.1, 0.15) is 5.56 Å². The molecule has 4 N–H and O–H groups in total. The molecule has 2 unspecified atom stereocenters. The van der Waals surface area contributed by atoms with Crippen molar-refractivity contribution in [3.05, 3.63) is 35.9 Å². The highest BCUT2D eigenvalue weighted by atomic mass is 16.5. The van der Waals surface area contributed by atoms with E-state index in [9.17, 15) is 5.11 Å². The van der Waals surface area contributed by atoms with Crippen LogP contribution >= 0.6 is 0 Å². The summed E-state index contributed by atoms with van der Waals surface area (Å²) >= 11 is 0. The third-order valence-electron chi connectivity index (χ3n) is 2.09. The second-order valence-corrected chi connectivity index (χ2v) is 3.37. The predicted octanol–water partition coefficient (Wildman–Crippen LogP) is -0.116. The van der Waals surface area contributed by atoms with E-state index in [4.69, 9.17) is 15.6 Å². The number of nitrogens with two attached hydrogens (primary N) is 1. The smallest absolute Gasteiger partial charge is 0.104 e. The summed E-state index contributed by atoms with van der Waals surface area (Å²) < 4.78 is 5.24. The lowest BCUT2D eigenvalue weighted by molar-refractivity contribution is -0.0383. The van der Waals surface area contributed by atoms with Gasteiger partial charge in [0.15, 0.2) is 0 Å². The summed E-state index contributed by atoms with van der Waals surface area (Å²) in [5, 5.41) is 18.5. The summed E-state index contributed by atoms with van der Waals surface area (Å²) in [6, 6.07) is 9.64. The summed E-state index contributed by atoms with van der Waals surface area (Å²) in [5.74, 6) is 0. The lowest BCUT2D eigenvalue weighted by atomic mass is 10.2. The fourth-order valence-corrected chi connectivity index (χ4v) is 1.14. The standard InChI is InChI=1S/C11H17NO3/c12-6-10(13)11(14)8-15-7-9-4-2-1-3-5-9/h1-5,10-11,13-14H,6-8,12H2. The van der Waals surface area contributed by atoms with Crippen LogP contribution in [0.5, 0.6) is 0 Å². The Balaban J connectivity index is 2.22. The third kappa shape index (κ3) is 4.40. The number of aliphatic hydroxyl groups excluding tert-OH is 2. The van der Waals surface area contributed by atoms with Crippen molar-refractivity contribution in [1.82, 2.24) is 0 Å². The zero-order valence-electron chi connectivity index (χ0n) is 8.54. The van der Waals surface area contributed by atoms with E-state index in [0.29, 0.717) is 6.61 Å². The van der Waals surface area contributed by atoms with Crippen molar-refractivity contribution in [2.75, 3.05) is 13.2 Å². The number of benzene rings is 1. The van der Waals surface area contributed by atoms with E-state index < -0.39 is 12.2 Å². The lowest BCUT2D eigenvalue weighted by Gasteiger charge is -2.15. The second-order valence-electron chi connectivity index (χ2n) is 3.37. The number of hydrogen-bond acceptors (Lipinski definition) is 4. The van der Waals surface area contributed by atoms with Crippen molar-refractivity contribution in [1.29, 1.82) is 0 Å². The van der Waals surface area contributed by atoms with Crippen LogP contribution in [0.3, 0.4) is 0 Å². The molecule has 0 amide bonds. The van der Waals surface area contributed by atoms with E-state index in [2.05, 4.69) is 0 Å². The van der Waals surface area contributed by atoms with Gasteiger partial charge < -0.3 is 20.7 Å². The van der Waals surface area contributed by atoms with Gasteiger partial charge in [-0.05, 0) is 5.56 Å². The third-order valence-corrected chi connectivity index (χ3v) is 2.09. The Kier molecular flexibility index (Phi) is 5.28. The van der Waals surface area contributed by atoms with Crippen LogP contribution < -0.4 is 5.73 Å². The van der Waals surface area contributed by atoms with E-state index in [0.717, 1.165) is 5.56 Å². The highest BCUT2D eigenvalue weighted by Gasteiger charge is 2.13. The van der Waals surface area contributed by atoms with Crippen LogP contribution in [-0.2, 0) is 11.3 Å². The van der Waals surface area contributed by atoms with Gasteiger partial charge in [-0.1, -0.05) is 30.3 Å². The molecule has 0 heterocycles.